The number of benzene rings is 1. The Hall–Kier alpha value is -2.08. The van der Waals surface area contributed by atoms with Gasteiger partial charge in [0, 0.05) is 13.5 Å². The molecule has 6 nitrogen and oxygen atoms in total. The van der Waals surface area contributed by atoms with Crippen LogP contribution in [0, 0.1) is 5.92 Å². The number of carbonyl (C=O) groups excluding carboxylic acids is 2. The van der Waals surface area contributed by atoms with Crippen LogP contribution in [0.3, 0.4) is 0 Å². The van der Waals surface area contributed by atoms with E-state index < -0.39 is 6.04 Å². The molecule has 134 valence electrons. The van der Waals surface area contributed by atoms with Crippen LogP contribution < -0.4 is 15.4 Å². The first kappa shape index (κ1) is 20.0. The molecule has 0 aromatic heterocycles. The molecule has 2 unspecified atom stereocenters. The lowest BCUT2D eigenvalue weighted by atomic mass is 10.0. The van der Waals surface area contributed by atoms with E-state index in [1.807, 2.05) is 57.1 Å². The second-order valence-electron chi connectivity index (χ2n) is 6.42. The lowest BCUT2D eigenvalue weighted by molar-refractivity contribution is -0.129. The van der Waals surface area contributed by atoms with Gasteiger partial charge in [0.05, 0.1) is 13.2 Å². The number of amides is 2. The SMILES string of the molecule is COc1ccc(C(CNC(=O)C(NC(C)=O)C(C)C)N(C)C)cc1. The third-order valence-electron chi connectivity index (χ3n) is 3.90. The zero-order valence-electron chi connectivity index (χ0n) is 15.4. The molecule has 1 aromatic rings. The Morgan fingerprint density at radius 3 is 2.17 bits per heavy atom. The Bertz CT molecular complexity index is 541. The summed E-state index contributed by atoms with van der Waals surface area (Å²) in [5, 5.41) is 5.66. The predicted molar refractivity (Wildman–Crippen MR) is 94.9 cm³/mol. The maximum absolute atomic E-state index is 12.4. The summed E-state index contributed by atoms with van der Waals surface area (Å²) in [6.45, 7) is 5.70. The van der Waals surface area contributed by atoms with Gasteiger partial charge < -0.3 is 20.3 Å². The molecule has 2 atom stereocenters. The van der Waals surface area contributed by atoms with Gasteiger partial charge in [-0.15, -0.1) is 0 Å². The second kappa shape index (κ2) is 9.27. The number of hydrogen-bond donors (Lipinski definition) is 2. The number of nitrogens with one attached hydrogen (secondary N) is 2. The van der Waals surface area contributed by atoms with E-state index in [-0.39, 0.29) is 23.8 Å². The molecule has 0 aliphatic rings. The lowest BCUT2D eigenvalue weighted by Crippen LogP contribution is -2.50. The summed E-state index contributed by atoms with van der Waals surface area (Å²) < 4.78 is 5.18. The molecular weight excluding hydrogens is 306 g/mol. The highest BCUT2D eigenvalue weighted by molar-refractivity contribution is 5.87. The fraction of sp³-hybridized carbons (Fsp3) is 0.556. The first-order valence-corrected chi connectivity index (χ1v) is 8.11. The van der Waals surface area contributed by atoms with Crippen molar-refractivity contribution in [1.82, 2.24) is 15.5 Å². The van der Waals surface area contributed by atoms with E-state index in [1.54, 1.807) is 7.11 Å². The van der Waals surface area contributed by atoms with Gasteiger partial charge in [-0.3, -0.25) is 9.59 Å². The zero-order chi connectivity index (χ0) is 18.3. The van der Waals surface area contributed by atoms with Crippen molar-refractivity contribution in [2.75, 3.05) is 27.7 Å². The molecule has 0 heterocycles. The number of methoxy groups -OCH3 is 1. The molecule has 0 saturated carbocycles. The summed E-state index contributed by atoms with van der Waals surface area (Å²) in [7, 11) is 5.57. The maximum Gasteiger partial charge on any atom is 0.242 e. The van der Waals surface area contributed by atoms with E-state index in [2.05, 4.69) is 10.6 Å². The monoisotopic (exact) mass is 335 g/mol. The molecule has 0 saturated heterocycles. The fourth-order valence-corrected chi connectivity index (χ4v) is 2.49. The van der Waals surface area contributed by atoms with Crippen LogP contribution in [0.5, 0.6) is 5.75 Å². The van der Waals surface area contributed by atoms with Gasteiger partial charge in [-0.2, -0.15) is 0 Å². The average molecular weight is 335 g/mol. The van der Waals surface area contributed by atoms with Crippen LogP contribution in [0.2, 0.25) is 0 Å². The average Bonchev–Trinajstić information content (AvgIpc) is 2.52. The van der Waals surface area contributed by atoms with E-state index in [4.69, 9.17) is 4.74 Å². The van der Waals surface area contributed by atoms with Crippen molar-refractivity contribution in [3.8, 4) is 5.75 Å². The van der Waals surface area contributed by atoms with Gasteiger partial charge >= 0.3 is 0 Å². The number of rotatable bonds is 8. The largest absolute Gasteiger partial charge is 0.497 e. The predicted octanol–water partition coefficient (Wildman–Crippen LogP) is 1.57. The van der Waals surface area contributed by atoms with Crippen LogP contribution in [-0.2, 0) is 9.59 Å². The molecule has 6 heteroatoms. The van der Waals surface area contributed by atoms with Crippen molar-refractivity contribution in [1.29, 1.82) is 0 Å². The minimum atomic E-state index is -0.527. The second-order valence-corrected chi connectivity index (χ2v) is 6.42. The molecule has 2 N–H and O–H groups in total. The molecular formula is C18H29N3O3. The maximum atomic E-state index is 12.4. The summed E-state index contributed by atoms with van der Waals surface area (Å²) in [6, 6.07) is 7.29. The molecule has 0 aliphatic heterocycles. The molecule has 0 bridgehead atoms. The van der Waals surface area contributed by atoms with E-state index in [0.29, 0.717) is 6.54 Å². The van der Waals surface area contributed by atoms with Crippen LogP contribution in [0.4, 0.5) is 0 Å². The number of ether oxygens (including phenoxy) is 1. The van der Waals surface area contributed by atoms with Crippen LogP contribution in [0.25, 0.3) is 0 Å². The van der Waals surface area contributed by atoms with E-state index in [9.17, 15) is 9.59 Å². The molecule has 0 radical (unpaired) electrons. The van der Waals surface area contributed by atoms with Gasteiger partial charge in [-0.25, -0.2) is 0 Å². The molecule has 0 fully saturated rings. The van der Waals surface area contributed by atoms with Crippen molar-refractivity contribution in [3.63, 3.8) is 0 Å². The quantitative estimate of drug-likeness (QED) is 0.757. The van der Waals surface area contributed by atoms with Gasteiger partial charge in [-0.1, -0.05) is 26.0 Å². The van der Waals surface area contributed by atoms with Gasteiger partial charge in [0.2, 0.25) is 11.8 Å². The van der Waals surface area contributed by atoms with Crippen LogP contribution in [-0.4, -0.2) is 50.5 Å². The summed E-state index contributed by atoms with van der Waals surface area (Å²) in [5.74, 6) is 0.447. The Morgan fingerprint density at radius 2 is 1.75 bits per heavy atom. The third kappa shape index (κ3) is 5.85. The van der Waals surface area contributed by atoms with E-state index in [0.717, 1.165) is 11.3 Å². The standard InChI is InChI=1S/C18H29N3O3/c1-12(2)17(20-13(3)22)18(23)19-11-16(21(4)5)14-7-9-15(24-6)10-8-14/h7-10,12,16-17H,11H2,1-6H3,(H,19,23)(H,20,22). The topological polar surface area (TPSA) is 70.7 Å². The highest BCUT2D eigenvalue weighted by Crippen LogP contribution is 2.20. The molecule has 1 aromatic carbocycles. The summed E-state index contributed by atoms with van der Waals surface area (Å²) in [4.78, 5) is 25.7. The van der Waals surface area contributed by atoms with Crippen LogP contribution >= 0.6 is 0 Å². The van der Waals surface area contributed by atoms with E-state index in [1.165, 1.54) is 6.92 Å². The number of likely N-dealkylation sites (N-methyl/N-ethyl adjacent to an activating group) is 1. The molecule has 1 rings (SSSR count). The molecule has 0 aliphatic carbocycles. The number of carbonyl (C=O) groups is 2. The van der Waals surface area contributed by atoms with E-state index >= 15 is 0 Å². The highest BCUT2D eigenvalue weighted by Gasteiger charge is 2.24. The van der Waals surface area contributed by atoms with Crippen molar-refractivity contribution in [2.24, 2.45) is 5.92 Å². The number of nitrogens with zero attached hydrogens (tertiary/aromatic N) is 1. The van der Waals surface area contributed by atoms with Gasteiger partial charge in [0.15, 0.2) is 0 Å². The number of hydrogen-bond acceptors (Lipinski definition) is 4. The van der Waals surface area contributed by atoms with Crippen LogP contribution in [0.1, 0.15) is 32.4 Å². The van der Waals surface area contributed by atoms with Crippen molar-refractivity contribution in [2.45, 2.75) is 32.9 Å². The Morgan fingerprint density at radius 1 is 1.17 bits per heavy atom. The minimum Gasteiger partial charge on any atom is -0.497 e. The normalized spacial score (nSPS) is 13.5. The molecule has 2 amide bonds. The third-order valence-corrected chi connectivity index (χ3v) is 3.90. The highest BCUT2D eigenvalue weighted by atomic mass is 16.5. The van der Waals surface area contributed by atoms with Gasteiger partial charge in [-0.05, 0) is 37.7 Å². The first-order chi connectivity index (χ1) is 11.3. The smallest absolute Gasteiger partial charge is 0.242 e. The summed E-state index contributed by atoms with van der Waals surface area (Å²) in [5.41, 5.74) is 1.08. The van der Waals surface area contributed by atoms with Gasteiger partial charge in [0.1, 0.15) is 11.8 Å². The van der Waals surface area contributed by atoms with Crippen molar-refractivity contribution < 1.29 is 14.3 Å². The Labute approximate surface area is 144 Å². The van der Waals surface area contributed by atoms with Gasteiger partial charge in [0.25, 0.3) is 0 Å². The molecule has 24 heavy (non-hydrogen) atoms. The fourth-order valence-electron chi connectivity index (χ4n) is 2.49. The molecule has 0 spiro atoms. The lowest BCUT2D eigenvalue weighted by Gasteiger charge is -2.27. The van der Waals surface area contributed by atoms with Crippen molar-refractivity contribution >= 4 is 11.8 Å². The Kier molecular flexibility index (Phi) is 7.71. The van der Waals surface area contributed by atoms with Crippen LogP contribution in [0.15, 0.2) is 24.3 Å². The van der Waals surface area contributed by atoms with Crippen molar-refractivity contribution in [3.05, 3.63) is 29.8 Å². The zero-order valence-corrected chi connectivity index (χ0v) is 15.4. The summed E-state index contributed by atoms with van der Waals surface area (Å²) in [6.07, 6.45) is 0. The minimum absolute atomic E-state index is 0.0210. The Balaban J connectivity index is 2.77. The summed E-state index contributed by atoms with van der Waals surface area (Å²) >= 11 is 0. The first-order valence-electron chi connectivity index (χ1n) is 8.11.